The Balaban J connectivity index is 1.95. The fourth-order valence-electron chi connectivity index (χ4n) is 1.81. The Morgan fingerprint density at radius 3 is 2.65 bits per heavy atom. The number of nitrogens with one attached hydrogen (secondary N) is 2. The number of hydrogen-bond acceptors (Lipinski definition) is 6. The molecule has 0 radical (unpaired) electrons. The van der Waals surface area contributed by atoms with Crippen LogP contribution >= 0.6 is 0 Å². The van der Waals surface area contributed by atoms with Crippen molar-refractivity contribution in [1.82, 2.24) is 5.32 Å². The molecule has 3 rings (SSSR count). The summed E-state index contributed by atoms with van der Waals surface area (Å²) in [5.74, 6) is 0.972. The van der Waals surface area contributed by atoms with Crippen LogP contribution in [0.3, 0.4) is 0 Å². The number of nitro groups is 1. The van der Waals surface area contributed by atoms with Gasteiger partial charge in [0, 0.05) is 19.2 Å². The molecule has 7 heteroatoms. The maximum Gasteiger partial charge on any atom is 0.296 e. The van der Waals surface area contributed by atoms with Crippen LogP contribution in [-0.2, 0) is 0 Å². The van der Waals surface area contributed by atoms with Gasteiger partial charge in [-0.25, -0.2) is 0 Å². The lowest BCUT2D eigenvalue weighted by Crippen LogP contribution is -2.51. The lowest BCUT2D eigenvalue weighted by Gasteiger charge is -2.28. The Kier molecular flexibility index (Phi) is 2.25. The molecule has 2 heterocycles. The summed E-state index contributed by atoms with van der Waals surface area (Å²) in [6, 6.07) is 3.25. The van der Waals surface area contributed by atoms with Gasteiger partial charge in [-0.3, -0.25) is 10.1 Å². The smallest absolute Gasteiger partial charge is 0.296 e. The van der Waals surface area contributed by atoms with Crippen LogP contribution in [0.15, 0.2) is 12.1 Å². The van der Waals surface area contributed by atoms with Crippen molar-refractivity contribution in [1.29, 1.82) is 0 Å². The van der Waals surface area contributed by atoms with E-state index in [1.165, 1.54) is 6.07 Å². The molecule has 0 aliphatic carbocycles. The molecule has 0 unspecified atom stereocenters. The standard InChI is InChI=1S/C10H11N3O4/c14-13(15)8-2-10-9(16-5-17-10)1-7(8)12-6-3-11-4-6/h1-2,6,11-12H,3-5H2. The molecule has 7 nitrogen and oxygen atoms in total. The summed E-state index contributed by atoms with van der Waals surface area (Å²) in [7, 11) is 0. The fraction of sp³-hybridized carbons (Fsp3) is 0.400. The lowest BCUT2D eigenvalue weighted by molar-refractivity contribution is -0.384. The number of nitro benzene ring substituents is 1. The molecule has 0 atom stereocenters. The van der Waals surface area contributed by atoms with Gasteiger partial charge in [0.25, 0.3) is 5.69 Å². The third-order valence-corrected chi connectivity index (χ3v) is 2.83. The van der Waals surface area contributed by atoms with E-state index in [-0.39, 0.29) is 18.5 Å². The van der Waals surface area contributed by atoms with Crippen LogP contribution in [0.1, 0.15) is 0 Å². The highest BCUT2D eigenvalue weighted by molar-refractivity contribution is 5.69. The molecule has 0 aromatic heterocycles. The van der Waals surface area contributed by atoms with Crippen molar-refractivity contribution in [3.63, 3.8) is 0 Å². The minimum absolute atomic E-state index is 0.0150. The Morgan fingerprint density at radius 1 is 1.35 bits per heavy atom. The minimum Gasteiger partial charge on any atom is -0.454 e. The van der Waals surface area contributed by atoms with E-state index in [9.17, 15) is 10.1 Å². The molecular formula is C10H11N3O4. The highest BCUT2D eigenvalue weighted by Gasteiger charge is 2.26. The predicted octanol–water partition coefficient (Wildman–Crippen LogP) is 0.707. The molecule has 1 aromatic rings. The molecule has 0 spiro atoms. The van der Waals surface area contributed by atoms with E-state index < -0.39 is 4.92 Å². The summed E-state index contributed by atoms with van der Waals surface area (Å²) >= 11 is 0. The largest absolute Gasteiger partial charge is 0.454 e. The SMILES string of the molecule is O=[N+]([O-])c1cc2c(cc1NC1CNC1)OCO2. The van der Waals surface area contributed by atoms with E-state index in [1.54, 1.807) is 6.07 Å². The fourth-order valence-corrected chi connectivity index (χ4v) is 1.81. The number of fused-ring (bicyclic) bond motifs is 1. The number of rotatable bonds is 3. The first kappa shape index (κ1) is 10.2. The van der Waals surface area contributed by atoms with Crippen LogP contribution in [0, 0.1) is 10.1 Å². The van der Waals surface area contributed by atoms with E-state index >= 15 is 0 Å². The second kappa shape index (κ2) is 3.77. The van der Waals surface area contributed by atoms with Gasteiger partial charge in [-0.05, 0) is 0 Å². The first-order chi connectivity index (χ1) is 8.24. The van der Waals surface area contributed by atoms with Crippen LogP contribution in [0.2, 0.25) is 0 Å². The van der Waals surface area contributed by atoms with Gasteiger partial charge < -0.3 is 20.1 Å². The van der Waals surface area contributed by atoms with Crippen LogP contribution < -0.4 is 20.1 Å². The van der Waals surface area contributed by atoms with Crippen molar-refractivity contribution < 1.29 is 14.4 Å². The predicted molar refractivity (Wildman–Crippen MR) is 59.5 cm³/mol. The molecule has 90 valence electrons. The highest BCUT2D eigenvalue weighted by Crippen LogP contribution is 2.40. The van der Waals surface area contributed by atoms with E-state index in [1.807, 2.05) is 0 Å². The molecule has 1 aromatic carbocycles. The Labute approximate surface area is 96.9 Å². The van der Waals surface area contributed by atoms with E-state index in [0.717, 1.165) is 13.1 Å². The summed E-state index contributed by atoms with van der Waals surface area (Å²) in [6.07, 6.45) is 0. The Bertz CT molecular complexity index is 473. The maximum atomic E-state index is 11.0. The van der Waals surface area contributed by atoms with E-state index in [2.05, 4.69) is 10.6 Å². The van der Waals surface area contributed by atoms with Gasteiger partial charge in [0.1, 0.15) is 5.69 Å². The number of nitrogens with zero attached hydrogens (tertiary/aromatic N) is 1. The third kappa shape index (κ3) is 1.74. The summed E-state index contributed by atoms with van der Waals surface area (Å²) in [4.78, 5) is 10.5. The van der Waals surface area contributed by atoms with Crippen molar-refractivity contribution in [3.8, 4) is 11.5 Å². The summed E-state index contributed by atoms with van der Waals surface area (Å²) in [5, 5.41) is 17.2. The van der Waals surface area contributed by atoms with Crippen molar-refractivity contribution in [2.75, 3.05) is 25.2 Å². The molecule has 17 heavy (non-hydrogen) atoms. The normalized spacial score (nSPS) is 17.6. The lowest BCUT2D eigenvalue weighted by atomic mass is 10.1. The van der Waals surface area contributed by atoms with Gasteiger partial charge in [0.05, 0.1) is 17.0 Å². The number of hydrogen-bond donors (Lipinski definition) is 2. The molecular weight excluding hydrogens is 226 g/mol. The third-order valence-electron chi connectivity index (χ3n) is 2.83. The first-order valence-corrected chi connectivity index (χ1v) is 5.29. The first-order valence-electron chi connectivity index (χ1n) is 5.29. The topological polar surface area (TPSA) is 85.7 Å². The van der Waals surface area contributed by atoms with Crippen LogP contribution in [0.5, 0.6) is 11.5 Å². The average Bonchev–Trinajstić information content (AvgIpc) is 2.68. The van der Waals surface area contributed by atoms with Crippen LogP contribution in [0.4, 0.5) is 11.4 Å². The average molecular weight is 237 g/mol. The van der Waals surface area contributed by atoms with Crippen molar-refractivity contribution >= 4 is 11.4 Å². The van der Waals surface area contributed by atoms with Gasteiger partial charge in [-0.2, -0.15) is 0 Å². The van der Waals surface area contributed by atoms with Gasteiger partial charge in [-0.1, -0.05) is 0 Å². The Morgan fingerprint density at radius 2 is 2.06 bits per heavy atom. The van der Waals surface area contributed by atoms with Gasteiger partial charge in [0.2, 0.25) is 6.79 Å². The van der Waals surface area contributed by atoms with Crippen molar-refractivity contribution in [2.24, 2.45) is 0 Å². The van der Waals surface area contributed by atoms with E-state index in [0.29, 0.717) is 17.2 Å². The molecule has 2 N–H and O–H groups in total. The summed E-state index contributed by atoms with van der Waals surface area (Å²) in [5.41, 5.74) is 0.493. The zero-order valence-electron chi connectivity index (χ0n) is 8.93. The van der Waals surface area contributed by atoms with Crippen LogP contribution in [0.25, 0.3) is 0 Å². The molecule has 2 aliphatic heterocycles. The monoisotopic (exact) mass is 237 g/mol. The molecule has 0 saturated carbocycles. The molecule has 0 bridgehead atoms. The second-order valence-electron chi connectivity index (χ2n) is 3.98. The molecule has 1 fully saturated rings. The Hall–Kier alpha value is -2.02. The number of anilines is 1. The van der Waals surface area contributed by atoms with Gasteiger partial charge in [-0.15, -0.1) is 0 Å². The van der Waals surface area contributed by atoms with Crippen molar-refractivity contribution in [2.45, 2.75) is 6.04 Å². The molecule has 2 aliphatic rings. The second-order valence-corrected chi connectivity index (χ2v) is 3.98. The zero-order chi connectivity index (χ0) is 11.8. The molecule has 0 amide bonds. The zero-order valence-corrected chi connectivity index (χ0v) is 8.93. The highest BCUT2D eigenvalue weighted by atomic mass is 16.7. The van der Waals surface area contributed by atoms with Crippen molar-refractivity contribution in [3.05, 3.63) is 22.2 Å². The quantitative estimate of drug-likeness (QED) is 0.594. The maximum absolute atomic E-state index is 11.0. The summed E-state index contributed by atoms with van der Waals surface area (Å²) in [6.45, 7) is 1.73. The van der Waals surface area contributed by atoms with Gasteiger partial charge in [0.15, 0.2) is 11.5 Å². The minimum atomic E-state index is -0.420. The van der Waals surface area contributed by atoms with E-state index in [4.69, 9.17) is 9.47 Å². The number of ether oxygens (including phenoxy) is 2. The summed E-state index contributed by atoms with van der Waals surface area (Å²) < 4.78 is 10.3. The van der Waals surface area contributed by atoms with Crippen LogP contribution in [-0.4, -0.2) is 30.8 Å². The molecule has 1 saturated heterocycles. The number of benzene rings is 1. The van der Waals surface area contributed by atoms with Gasteiger partial charge >= 0.3 is 0 Å².